The van der Waals surface area contributed by atoms with Crippen LogP contribution >= 0.6 is 15.9 Å². The minimum atomic E-state index is -0.694. The van der Waals surface area contributed by atoms with Gasteiger partial charge in [-0.25, -0.2) is 4.79 Å². The van der Waals surface area contributed by atoms with E-state index >= 15 is 0 Å². The number of fused-ring (bicyclic) bond motifs is 1. The molecular formula is C15H15BrO4. The Kier molecular flexibility index (Phi) is 4.62. The van der Waals surface area contributed by atoms with E-state index in [1.807, 2.05) is 12.1 Å². The molecule has 4 nitrogen and oxygen atoms in total. The molecule has 0 saturated heterocycles. The third kappa shape index (κ3) is 2.94. The number of hydrogen-bond donors (Lipinski definition) is 2. The van der Waals surface area contributed by atoms with Crippen LogP contribution in [0.25, 0.3) is 10.8 Å². The number of aliphatic hydroxyl groups is 1. The normalized spacial score (nSPS) is 12.3. The number of esters is 1. The minimum absolute atomic E-state index is 0.0759. The summed E-state index contributed by atoms with van der Waals surface area (Å²) in [5.74, 6) is -0.779. The fourth-order valence-electron chi connectivity index (χ4n) is 1.85. The van der Waals surface area contributed by atoms with Crippen molar-refractivity contribution in [3.05, 3.63) is 40.4 Å². The summed E-state index contributed by atoms with van der Waals surface area (Å²) in [7, 11) is 0. The minimum Gasteiger partial charge on any atom is -0.506 e. The maximum Gasteiger partial charge on any atom is 0.343 e. The number of aromatic hydroxyl groups is 1. The predicted octanol–water partition coefficient (Wildman–Crippen LogP) is 3.24. The number of hydrogen-bond acceptors (Lipinski definition) is 4. The smallest absolute Gasteiger partial charge is 0.343 e. The van der Waals surface area contributed by atoms with Gasteiger partial charge in [-0.3, -0.25) is 0 Å². The van der Waals surface area contributed by atoms with Gasteiger partial charge in [0.2, 0.25) is 0 Å². The van der Waals surface area contributed by atoms with Gasteiger partial charge in [0.15, 0.2) is 0 Å². The fourth-order valence-corrected chi connectivity index (χ4v) is 2.45. The van der Waals surface area contributed by atoms with Crippen LogP contribution in [-0.4, -0.2) is 28.9 Å². The lowest BCUT2D eigenvalue weighted by atomic mass is 10.1. The first-order valence-corrected chi connectivity index (χ1v) is 7.09. The van der Waals surface area contributed by atoms with E-state index in [1.165, 1.54) is 0 Å². The molecule has 106 valence electrons. The third-order valence-corrected chi connectivity index (χ3v) is 3.68. The zero-order chi connectivity index (χ0) is 14.7. The Labute approximate surface area is 125 Å². The summed E-state index contributed by atoms with van der Waals surface area (Å²) < 4.78 is 5.48. The van der Waals surface area contributed by atoms with Crippen LogP contribution in [0, 0.1) is 0 Å². The highest BCUT2D eigenvalue weighted by Crippen LogP contribution is 2.35. The van der Waals surface area contributed by atoms with Gasteiger partial charge >= 0.3 is 5.97 Å². The van der Waals surface area contributed by atoms with Crippen LogP contribution in [0.15, 0.2) is 34.8 Å². The molecule has 0 aromatic heterocycles. The van der Waals surface area contributed by atoms with Crippen molar-refractivity contribution in [2.45, 2.75) is 19.4 Å². The average Bonchev–Trinajstić information content (AvgIpc) is 2.44. The van der Waals surface area contributed by atoms with E-state index in [9.17, 15) is 15.0 Å². The average molecular weight is 339 g/mol. The summed E-state index contributed by atoms with van der Waals surface area (Å²) in [6.45, 7) is 1.70. The van der Waals surface area contributed by atoms with E-state index in [-0.39, 0.29) is 17.9 Å². The first-order valence-electron chi connectivity index (χ1n) is 6.30. The van der Waals surface area contributed by atoms with Crippen molar-refractivity contribution in [3.63, 3.8) is 0 Å². The monoisotopic (exact) mass is 338 g/mol. The lowest BCUT2D eigenvalue weighted by Crippen LogP contribution is -2.18. The summed E-state index contributed by atoms with van der Waals surface area (Å²) >= 11 is 3.27. The van der Waals surface area contributed by atoms with Gasteiger partial charge in [-0.2, -0.15) is 0 Å². The molecule has 0 aliphatic heterocycles. The summed E-state index contributed by atoms with van der Waals surface area (Å²) in [5, 5.41) is 21.0. The van der Waals surface area contributed by atoms with E-state index in [1.54, 1.807) is 25.1 Å². The summed E-state index contributed by atoms with van der Waals surface area (Å²) in [6.07, 6.45) is -0.196. The van der Waals surface area contributed by atoms with Gasteiger partial charge in [-0.1, -0.05) is 31.2 Å². The van der Waals surface area contributed by atoms with Crippen LogP contribution in [-0.2, 0) is 4.74 Å². The number of phenols is 1. The Hall–Kier alpha value is -1.59. The number of carbonyl (C=O) groups excluding carboxylic acids is 1. The Morgan fingerprint density at radius 2 is 2.10 bits per heavy atom. The third-order valence-electron chi connectivity index (χ3n) is 3.06. The Balaban J connectivity index is 2.36. The number of halogens is 1. The number of rotatable bonds is 4. The Morgan fingerprint density at radius 3 is 2.80 bits per heavy atom. The van der Waals surface area contributed by atoms with Crippen molar-refractivity contribution in [3.8, 4) is 5.75 Å². The van der Waals surface area contributed by atoms with E-state index in [2.05, 4.69) is 15.9 Å². The Morgan fingerprint density at radius 1 is 1.40 bits per heavy atom. The zero-order valence-electron chi connectivity index (χ0n) is 11.0. The van der Waals surface area contributed by atoms with Gasteiger partial charge in [-0.15, -0.1) is 0 Å². The molecule has 0 radical (unpaired) electrons. The maximum atomic E-state index is 12.0. The van der Waals surface area contributed by atoms with Crippen molar-refractivity contribution in [2.24, 2.45) is 0 Å². The van der Waals surface area contributed by atoms with Gasteiger partial charge in [-0.05, 0) is 33.8 Å². The number of aliphatic hydroxyl groups excluding tert-OH is 1. The van der Waals surface area contributed by atoms with Crippen LogP contribution in [0.4, 0.5) is 0 Å². The molecule has 1 unspecified atom stereocenters. The molecule has 20 heavy (non-hydrogen) atoms. The lowest BCUT2D eigenvalue weighted by Gasteiger charge is -2.12. The van der Waals surface area contributed by atoms with Gasteiger partial charge in [0.25, 0.3) is 0 Å². The van der Waals surface area contributed by atoms with Gasteiger partial charge in [0.1, 0.15) is 17.9 Å². The molecule has 5 heteroatoms. The van der Waals surface area contributed by atoms with Crippen molar-refractivity contribution in [1.82, 2.24) is 0 Å². The van der Waals surface area contributed by atoms with Crippen molar-refractivity contribution in [2.75, 3.05) is 6.61 Å². The highest BCUT2D eigenvalue weighted by Gasteiger charge is 2.20. The number of carbonyl (C=O) groups is 1. The van der Waals surface area contributed by atoms with E-state index in [0.29, 0.717) is 16.3 Å². The van der Waals surface area contributed by atoms with Crippen LogP contribution in [0.2, 0.25) is 0 Å². The zero-order valence-corrected chi connectivity index (χ0v) is 12.6. The molecule has 2 aromatic carbocycles. The number of ether oxygens (including phenoxy) is 1. The molecule has 1 atom stereocenters. The topological polar surface area (TPSA) is 66.8 Å². The second kappa shape index (κ2) is 6.24. The molecule has 2 rings (SSSR count). The molecule has 0 bridgehead atoms. The molecule has 0 aliphatic rings. The quantitative estimate of drug-likeness (QED) is 0.840. The van der Waals surface area contributed by atoms with Crippen molar-refractivity contribution >= 4 is 32.7 Å². The molecule has 0 aliphatic carbocycles. The number of phenolic OH excluding ortho intramolecular Hbond substituents is 1. The van der Waals surface area contributed by atoms with E-state index in [4.69, 9.17) is 4.74 Å². The van der Waals surface area contributed by atoms with Crippen molar-refractivity contribution < 1.29 is 19.7 Å². The second-order valence-electron chi connectivity index (χ2n) is 4.46. The van der Waals surface area contributed by atoms with E-state index < -0.39 is 12.1 Å². The predicted molar refractivity (Wildman–Crippen MR) is 79.9 cm³/mol. The maximum absolute atomic E-state index is 12.0. The molecule has 0 spiro atoms. The van der Waals surface area contributed by atoms with Gasteiger partial charge in [0, 0.05) is 9.86 Å². The lowest BCUT2D eigenvalue weighted by molar-refractivity contribution is 0.0247. The first kappa shape index (κ1) is 14.8. The van der Waals surface area contributed by atoms with Gasteiger partial charge < -0.3 is 14.9 Å². The molecular weight excluding hydrogens is 324 g/mol. The summed E-state index contributed by atoms with van der Waals surface area (Å²) in [6, 6.07) is 8.96. The van der Waals surface area contributed by atoms with Gasteiger partial charge in [0.05, 0.1) is 6.10 Å². The largest absolute Gasteiger partial charge is 0.506 e. The van der Waals surface area contributed by atoms with Crippen LogP contribution in [0.1, 0.15) is 23.7 Å². The summed E-state index contributed by atoms with van der Waals surface area (Å²) in [4.78, 5) is 12.0. The fraction of sp³-hybridized carbons (Fsp3) is 0.267. The highest BCUT2D eigenvalue weighted by atomic mass is 79.9. The number of benzene rings is 2. The SMILES string of the molecule is CCC(O)COC(=O)c1c(Br)cc2ccccc2c1O. The Bertz CT molecular complexity index is 639. The molecule has 2 aromatic rings. The molecule has 0 saturated carbocycles. The molecule has 0 fully saturated rings. The van der Waals surface area contributed by atoms with E-state index in [0.717, 1.165) is 5.39 Å². The van der Waals surface area contributed by atoms with Crippen LogP contribution in [0.5, 0.6) is 5.75 Å². The second-order valence-corrected chi connectivity index (χ2v) is 5.32. The molecule has 0 amide bonds. The first-order chi connectivity index (χ1) is 9.54. The molecule has 2 N–H and O–H groups in total. The molecule has 0 heterocycles. The van der Waals surface area contributed by atoms with Crippen LogP contribution in [0.3, 0.4) is 0 Å². The van der Waals surface area contributed by atoms with Crippen molar-refractivity contribution in [1.29, 1.82) is 0 Å². The highest BCUT2D eigenvalue weighted by molar-refractivity contribution is 9.10. The summed E-state index contributed by atoms with van der Waals surface area (Å²) in [5.41, 5.74) is 0.0759. The standard InChI is InChI=1S/C15H15BrO4/c1-2-10(17)8-20-15(19)13-12(16)7-9-5-3-4-6-11(9)14(13)18/h3-7,10,17-18H,2,8H2,1H3. The van der Waals surface area contributed by atoms with Crippen LogP contribution < -0.4 is 0 Å².